The Labute approximate surface area is 118 Å². The van der Waals surface area contributed by atoms with Crippen LogP contribution in [0.3, 0.4) is 0 Å². The second-order valence-corrected chi connectivity index (χ2v) is 5.34. The van der Waals surface area contributed by atoms with Crippen LogP contribution in [-0.2, 0) is 6.54 Å². The van der Waals surface area contributed by atoms with Gasteiger partial charge in [-0.25, -0.2) is 9.97 Å². The van der Waals surface area contributed by atoms with Crippen LogP contribution in [0, 0.1) is 10.5 Å². The van der Waals surface area contributed by atoms with E-state index >= 15 is 0 Å². The van der Waals surface area contributed by atoms with Crippen LogP contribution >= 0.6 is 22.6 Å². The minimum atomic E-state index is 0.798. The maximum absolute atomic E-state index is 4.48. The van der Waals surface area contributed by atoms with Crippen molar-refractivity contribution >= 4 is 33.8 Å². The highest BCUT2D eigenvalue weighted by Gasteiger charge is 2.09. The fourth-order valence-electron chi connectivity index (χ4n) is 1.96. The molecule has 0 bridgehead atoms. The topological polar surface area (TPSA) is 43.6 Å². The lowest BCUT2D eigenvalue weighted by atomic mass is 10.2. The van der Waals surface area contributed by atoms with Gasteiger partial charge in [0.25, 0.3) is 0 Å². The molecule has 0 aromatic carbocycles. The Morgan fingerprint density at radius 1 is 1.28 bits per heavy atom. The second kappa shape index (κ2) is 4.64. The van der Waals surface area contributed by atoms with Gasteiger partial charge in [-0.15, -0.1) is 0 Å². The Morgan fingerprint density at radius 2 is 2.06 bits per heavy atom. The van der Waals surface area contributed by atoms with Gasteiger partial charge < -0.3 is 4.57 Å². The van der Waals surface area contributed by atoms with Crippen molar-refractivity contribution in [2.45, 2.75) is 13.5 Å². The van der Waals surface area contributed by atoms with Crippen molar-refractivity contribution in [1.82, 2.24) is 19.5 Å². The zero-order valence-corrected chi connectivity index (χ0v) is 12.0. The molecule has 3 aromatic heterocycles. The zero-order valence-electron chi connectivity index (χ0n) is 9.84. The number of aryl methyl sites for hydroxylation is 1. The average molecular weight is 350 g/mol. The van der Waals surface area contributed by atoms with Crippen molar-refractivity contribution < 1.29 is 0 Å². The van der Waals surface area contributed by atoms with E-state index in [4.69, 9.17) is 0 Å². The first kappa shape index (κ1) is 11.6. The van der Waals surface area contributed by atoms with E-state index in [2.05, 4.69) is 48.2 Å². The van der Waals surface area contributed by atoms with Crippen LogP contribution in [-0.4, -0.2) is 19.5 Å². The number of nitrogens with zero attached hydrogens (tertiary/aromatic N) is 4. The van der Waals surface area contributed by atoms with Gasteiger partial charge in [0.15, 0.2) is 5.65 Å². The summed E-state index contributed by atoms with van der Waals surface area (Å²) in [6, 6.07) is 6.16. The molecule has 0 spiro atoms. The first-order chi connectivity index (χ1) is 8.74. The monoisotopic (exact) mass is 350 g/mol. The van der Waals surface area contributed by atoms with E-state index in [0.29, 0.717) is 0 Å². The molecule has 0 amide bonds. The molecule has 0 fully saturated rings. The van der Waals surface area contributed by atoms with Crippen LogP contribution in [0.25, 0.3) is 11.2 Å². The van der Waals surface area contributed by atoms with Crippen molar-refractivity contribution in [3.8, 4) is 0 Å². The van der Waals surface area contributed by atoms with Gasteiger partial charge in [0.2, 0.25) is 0 Å². The maximum Gasteiger partial charge on any atom is 0.177 e. The van der Waals surface area contributed by atoms with E-state index in [1.54, 1.807) is 0 Å². The molecule has 0 aliphatic heterocycles. The van der Waals surface area contributed by atoms with E-state index in [-0.39, 0.29) is 0 Å². The van der Waals surface area contributed by atoms with Crippen molar-refractivity contribution in [3.05, 3.63) is 51.7 Å². The molecule has 0 atom stereocenters. The molecular formula is C13H11IN4. The molecule has 0 unspecified atom stereocenters. The number of hydrogen-bond donors (Lipinski definition) is 0. The molecule has 0 saturated heterocycles. The number of imidazole rings is 1. The third kappa shape index (κ3) is 2.10. The van der Waals surface area contributed by atoms with Gasteiger partial charge in [-0.1, -0.05) is 0 Å². The standard InChI is InChI=1S/C13H11IN4/c1-9-17-13-12(6-11(14)7-16-13)18(9)8-10-2-4-15-5-3-10/h2-7H,8H2,1H3. The van der Waals surface area contributed by atoms with Gasteiger partial charge in [0, 0.05) is 28.7 Å². The molecule has 5 heteroatoms. The van der Waals surface area contributed by atoms with E-state index in [1.807, 2.05) is 37.6 Å². The van der Waals surface area contributed by atoms with Gasteiger partial charge in [-0.3, -0.25) is 4.98 Å². The molecule has 0 radical (unpaired) electrons. The summed E-state index contributed by atoms with van der Waals surface area (Å²) < 4.78 is 3.30. The molecule has 0 aliphatic rings. The zero-order chi connectivity index (χ0) is 12.5. The fraction of sp³-hybridized carbons (Fsp3) is 0.154. The fourth-order valence-corrected chi connectivity index (χ4v) is 2.40. The number of aromatic nitrogens is 4. The van der Waals surface area contributed by atoms with Crippen LogP contribution in [0.2, 0.25) is 0 Å². The summed E-state index contributed by atoms with van der Waals surface area (Å²) in [7, 11) is 0. The molecule has 3 heterocycles. The third-order valence-electron chi connectivity index (χ3n) is 2.85. The summed E-state index contributed by atoms with van der Waals surface area (Å²) in [4.78, 5) is 12.9. The van der Waals surface area contributed by atoms with E-state index in [0.717, 1.165) is 27.1 Å². The minimum Gasteiger partial charge on any atom is -0.322 e. The van der Waals surface area contributed by atoms with Crippen LogP contribution in [0.1, 0.15) is 11.4 Å². The third-order valence-corrected chi connectivity index (χ3v) is 3.44. The van der Waals surface area contributed by atoms with Gasteiger partial charge in [-0.05, 0) is 53.3 Å². The van der Waals surface area contributed by atoms with E-state index in [1.165, 1.54) is 5.56 Å². The van der Waals surface area contributed by atoms with Crippen LogP contribution in [0.15, 0.2) is 36.8 Å². The SMILES string of the molecule is Cc1nc2ncc(I)cc2n1Cc1ccncc1. The summed E-state index contributed by atoms with van der Waals surface area (Å²) in [5.74, 6) is 0.983. The molecule has 4 nitrogen and oxygen atoms in total. The van der Waals surface area contributed by atoms with Gasteiger partial charge >= 0.3 is 0 Å². The Kier molecular flexibility index (Phi) is 2.99. The van der Waals surface area contributed by atoms with E-state index in [9.17, 15) is 0 Å². The van der Waals surface area contributed by atoms with E-state index < -0.39 is 0 Å². The Balaban J connectivity index is 2.11. The maximum atomic E-state index is 4.48. The summed E-state index contributed by atoms with van der Waals surface area (Å²) >= 11 is 2.27. The highest BCUT2D eigenvalue weighted by molar-refractivity contribution is 14.1. The first-order valence-electron chi connectivity index (χ1n) is 5.61. The van der Waals surface area contributed by atoms with Crippen molar-refractivity contribution in [2.24, 2.45) is 0 Å². The molecular weight excluding hydrogens is 339 g/mol. The van der Waals surface area contributed by atoms with Crippen LogP contribution < -0.4 is 0 Å². The Hall–Kier alpha value is -1.50. The Bertz CT molecular complexity index is 691. The molecule has 18 heavy (non-hydrogen) atoms. The van der Waals surface area contributed by atoms with Crippen LogP contribution in [0.5, 0.6) is 0 Å². The van der Waals surface area contributed by atoms with Crippen molar-refractivity contribution in [2.75, 3.05) is 0 Å². The second-order valence-electron chi connectivity index (χ2n) is 4.10. The predicted octanol–water partition coefficient (Wildman–Crippen LogP) is 2.79. The summed E-state index contributed by atoms with van der Waals surface area (Å²) in [6.45, 7) is 2.81. The lowest BCUT2D eigenvalue weighted by Crippen LogP contribution is -2.02. The normalized spacial score (nSPS) is 11.0. The molecule has 3 aromatic rings. The summed E-state index contributed by atoms with van der Waals surface area (Å²) in [5, 5.41) is 0. The highest BCUT2D eigenvalue weighted by atomic mass is 127. The molecule has 0 N–H and O–H groups in total. The minimum absolute atomic E-state index is 0.798. The van der Waals surface area contributed by atoms with Gasteiger partial charge in [0.1, 0.15) is 5.82 Å². The Morgan fingerprint density at radius 3 is 2.83 bits per heavy atom. The number of fused-ring (bicyclic) bond motifs is 1. The number of pyridine rings is 2. The lowest BCUT2D eigenvalue weighted by Gasteiger charge is -2.06. The molecule has 0 saturated carbocycles. The van der Waals surface area contributed by atoms with Gasteiger partial charge in [0.05, 0.1) is 5.52 Å². The average Bonchev–Trinajstić information content (AvgIpc) is 2.67. The van der Waals surface area contributed by atoms with Crippen molar-refractivity contribution in [3.63, 3.8) is 0 Å². The predicted molar refractivity (Wildman–Crippen MR) is 78.3 cm³/mol. The number of hydrogen-bond acceptors (Lipinski definition) is 3. The first-order valence-corrected chi connectivity index (χ1v) is 6.69. The number of rotatable bonds is 2. The van der Waals surface area contributed by atoms with Crippen LogP contribution in [0.4, 0.5) is 0 Å². The lowest BCUT2D eigenvalue weighted by molar-refractivity contribution is 0.784. The quantitative estimate of drug-likeness (QED) is 0.668. The summed E-state index contributed by atoms with van der Waals surface area (Å²) in [6.07, 6.45) is 5.46. The molecule has 0 aliphatic carbocycles. The smallest absolute Gasteiger partial charge is 0.177 e. The molecule has 3 rings (SSSR count). The largest absolute Gasteiger partial charge is 0.322 e. The molecule has 90 valence electrons. The number of halogens is 1. The van der Waals surface area contributed by atoms with Crippen molar-refractivity contribution in [1.29, 1.82) is 0 Å². The highest BCUT2D eigenvalue weighted by Crippen LogP contribution is 2.18. The summed E-state index contributed by atoms with van der Waals surface area (Å²) in [5.41, 5.74) is 3.10. The van der Waals surface area contributed by atoms with Gasteiger partial charge in [-0.2, -0.15) is 0 Å².